The summed E-state index contributed by atoms with van der Waals surface area (Å²) in [5.41, 5.74) is 3.93. The van der Waals surface area contributed by atoms with Crippen LogP contribution in [-0.2, 0) is 6.42 Å². The molecule has 0 aliphatic heterocycles. The summed E-state index contributed by atoms with van der Waals surface area (Å²) in [6, 6.07) is 8.65. The van der Waals surface area contributed by atoms with E-state index in [2.05, 4.69) is 56.0 Å². The quantitative estimate of drug-likeness (QED) is 0.579. The average Bonchev–Trinajstić information content (AvgIpc) is 2.35. The molecular weight excluding hydrogens is 216 g/mol. The van der Waals surface area contributed by atoms with E-state index >= 15 is 0 Å². The van der Waals surface area contributed by atoms with Crippen molar-refractivity contribution >= 4 is 0 Å². The van der Waals surface area contributed by atoms with Crippen LogP contribution in [0.5, 0.6) is 0 Å². The number of benzene rings is 1. The second-order valence-electron chi connectivity index (χ2n) is 3.64. The lowest BCUT2D eigenvalue weighted by Gasteiger charge is -2.02. The van der Waals surface area contributed by atoms with Crippen molar-refractivity contribution in [2.75, 3.05) is 0 Å². The minimum Gasteiger partial charge on any atom is -0.0991 e. The normalized spacial score (nSPS) is 10.3. The summed E-state index contributed by atoms with van der Waals surface area (Å²) in [5, 5.41) is 0. The van der Waals surface area contributed by atoms with Crippen LogP contribution in [0.2, 0.25) is 0 Å². The Hall–Kier alpha value is -1.56. The van der Waals surface area contributed by atoms with E-state index in [0.717, 1.165) is 6.42 Å². The first kappa shape index (κ1) is 18.8. The van der Waals surface area contributed by atoms with Crippen LogP contribution in [0.4, 0.5) is 0 Å². The Morgan fingerprint density at radius 1 is 1.17 bits per heavy atom. The Bertz CT molecular complexity index is 364. The molecule has 0 N–H and O–H groups in total. The van der Waals surface area contributed by atoms with E-state index in [9.17, 15) is 0 Å². The summed E-state index contributed by atoms with van der Waals surface area (Å²) in [6.07, 6.45) is 9.05. The summed E-state index contributed by atoms with van der Waals surface area (Å²) >= 11 is 0. The van der Waals surface area contributed by atoms with Gasteiger partial charge >= 0.3 is 0 Å². The number of rotatable bonds is 4. The molecule has 0 saturated carbocycles. The van der Waals surface area contributed by atoms with Crippen LogP contribution in [-0.4, -0.2) is 0 Å². The van der Waals surface area contributed by atoms with Crippen molar-refractivity contribution in [2.45, 2.75) is 41.5 Å². The molecule has 0 aliphatic rings. The summed E-state index contributed by atoms with van der Waals surface area (Å²) in [5.74, 6) is 0. The molecule has 100 valence electrons. The molecule has 0 radical (unpaired) electrons. The topological polar surface area (TPSA) is 0 Å². The molecule has 0 unspecified atom stereocenters. The van der Waals surface area contributed by atoms with Crippen LogP contribution >= 0.6 is 0 Å². The fourth-order valence-corrected chi connectivity index (χ4v) is 1.48. The van der Waals surface area contributed by atoms with E-state index in [1.165, 1.54) is 16.7 Å². The van der Waals surface area contributed by atoms with Gasteiger partial charge in [-0.15, -0.1) is 0 Å². The predicted molar refractivity (Wildman–Crippen MR) is 86.1 cm³/mol. The second-order valence-corrected chi connectivity index (χ2v) is 3.64. The summed E-state index contributed by atoms with van der Waals surface area (Å²) < 4.78 is 0. The third kappa shape index (κ3) is 7.67. The largest absolute Gasteiger partial charge is 0.0991 e. The Morgan fingerprint density at radius 3 is 2.17 bits per heavy atom. The summed E-state index contributed by atoms with van der Waals surface area (Å²) in [7, 11) is 0. The molecule has 1 aromatic rings. The zero-order chi connectivity index (χ0) is 13.1. The maximum absolute atomic E-state index is 3.73. The van der Waals surface area contributed by atoms with Gasteiger partial charge in [0.05, 0.1) is 0 Å². The smallest absolute Gasteiger partial charge is 0.00259 e. The molecule has 18 heavy (non-hydrogen) atoms. The first-order valence-electron chi connectivity index (χ1n) is 6.26. The predicted octanol–water partition coefficient (Wildman–Crippen LogP) is 5.89. The van der Waals surface area contributed by atoms with Crippen molar-refractivity contribution in [1.82, 2.24) is 0 Å². The third-order valence-electron chi connectivity index (χ3n) is 2.24. The van der Waals surface area contributed by atoms with Crippen molar-refractivity contribution in [2.24, 2.45) is 0 Å². The zero-order valence-electron chi connectivity index (χ0n) is 11.5. The molecule has 0 heteroatoms. The molecular formula is C18H28. The van der Waals surface area contributed by atoms with E-state index in [-0.39, 0.29) is 7.43 Å². The average molecular weight is 244 g/mol. The van der Waals surface area contributed by atoms with E-state index in [4.69, 9.17) is 0 Å². The van der Waals surface area contributed by atoms with Gasteiger partial charge in [-0.2, -0.15) is 0 Å². The fourth-order valence-electron chi connectivity index (χ4n) is 1.48. The Morgan fingerprint density at radius 2 is 1.72 bits per heavy atom. The monoisotopic (exact) mass is 244 g/mol. The highest BCUT2D eigenvalue weighted by Gasteiger charge is 1.95. The molecule has 0 heterocycles. The number of hydrogen-bond acceptors (Lipinski definition) is 0. The fraction of sp³-hybridized carbons (Fsp3) is 0.333. The van der Waals surface area contributed by atoms with E-state index in [1.54, 1.807) is 0 Å². The lowest BCUT2D eigenvalue weighted by Crippen LogP contribution is -1.87. The third-order valence-corrected chi connectivity index (χ3v) is 2.24. The van der Waals surface area contributed by atoms with Gasteiger partial charge in [-0.25, -0.2) is 0 Å². The van der Waals surface area contributed by atoms with Gasteiger partial charge in [-0.1, -0.05) is 82.0 Å². The molecule has 0 atom stereocenters. The van der Waals surface area contributed by atoms with Gasteiger partial charge < -0.3 is 0 Å². The standard InChI is InChI=1S/C15H18.C2H6.CH4/c1-4-6-14(7-5-2)12-15-10-8-13(3)9-11-15;1-2;/h4-11H,1,12H2,2-3H3;1-2H3;1H4/b7-5-,14-6+;;. The molecule has 1 rings (SSSR count). The first-order valence-corrected chi connectivity index (χ1v) is 6.26. The Labute approximate surface area is 114 Å². The minimum absolute atomic E-state index is 0. The van der Waals surface area contributed by atoms with Gasteiger partial charge in [0.1, 0.15) is 0 Å². The van der Waals surface area contributed by atoms with Crippen molar-refractivity contribution in [3.05, 3.63) is 71.8 Å². The Kier molecular flexibility index (Phi) is 12.4. The number of hydrogen-bond donors (Lipinski definition) is 0. The van der Waals surface area contributed by atoms with Crippen molar-refractivity contribution in [3.63, 3.8) is 0 Å². The maximum atomic E-state index is 3.73. The highest BCUT2D eigenvalue weighted by molar-refractivity contribution is 5.31. The van der Waals surface area contributed by atoms with E-state index in [1.807, 2.05) is 26.8 Å². The first-order chi connectivity index (χ1) is 8.26. The van der Waals surface area contributed by atoms with E-state index in [0.29, 0.717) is 0 Å². The van der Waals surface area contributed by atoms with E-state index < -0.39 is 0 Å². The van der Waals surface area contributed by atoms with Crippen LogP contribution in [0, 0.1) is 6.92 Å². The van der Waals surface area contributed by atoms with Crippen LogP contribution < -0.4 is 0 Å². The molecule has 0 aliphatic carbocycles. The van der Waals surface area contributed by atoms with Crippen molar-refractivity contribution in [3.8, 4) is 0 Å². The van der Waals surface area contributed by atoms with Crippen LogP contribution in [0.15, 0.2) is 60.7 Å². The highest BCUT2D eigenvalue weighted by atomic mass is 14.0. The molecule has 0 bridgehead atoms. The molecule has 0 fully saturated rings. The van der Waals surface area contributed by atoms with Gasteiger partial charge in [0.25, 0.3) is 0 Å². The number of allylic oxidation sites excluding steroid dienone is 5. The second kappa shape index (κ2) is 11.9. The van der Waals surface area contributed by atoms with Gasteiger partial charge in [-0.3, -0.25) is 0 Å². The number of aryl methyl sites for hydroxylation is 1. The molecule has 0 nitrogen and oxygen atoms in total. The molecule has 0 spiro atoms. The summed E-state index contributed by atoms with van der Waals surface area (Å²) in [4.78, 5) is 0. The molecule has 0 amide bonds. The lowest BCUT2D eigenvalue weighted by molar-refractivity contribution is 1.19. The highest BCUT2D eigenvalue weighted by Crippen LogP contribution is 2.10. The Balaban J connectivity index is 0. The lowest BCUT2D eigenvalue weighted by atomic mass is 10.0. The SMILES string of the molecule is C.C=C/C=C(\C=C/C)Cc1ccc(C)cc1.CC. The van der Waals surface area contributed by atoms with Crippen LogP contribution in [0.1, 0.15) is 39.3 Å². The van der Waals surface area contributed by atoms with Gasteiger partial charge in [0.15, 0.2) is 0 Å². The maximum Gasteiger partial charge on any atom is -0.00259 e. The van der Waals surface area contributed by atoms with Crippen molar-refractivity contribution in [1.29, 1.82) is 0 Å². The zero-order valence-corrected chi connectivity index (χ0v) is 11.5. The van der Waals surface area contributed by atoms with Crippen LogP contribution in [0.3, 0.4) is 0 Å². The van der Waals surface area contributed by atoms with Crippen LogP contribution in [0.25, 0.3) is 0 Å². The van der Waals surface area contributed by atoms with Gasteiger partial charge in [0.2, 0.25) is 0 Å². The molecule has 0 aromatic heterocycles. The van der Waals surface area contributed by atoms with Gasteiger partial charge in [0, 0.05) is 0 Å². The summed E-state index contributed by atoms with van der Waals surface area (Å²) in [6.45, 7) is 11.9. The minimum atomic E-state index is 0. The van der Waals surface area contributed by atoms with Crippen molar-refractivity contribution < 1.29 is 0 Å². The molecule has 0 saturated heterocycles. The molecule has 1 aromatic carbocycles. The van der Waals surface area contributed by atoms with Gasteiger partial charge in [-0.05, 0) is 31.4 Å².